The molecule has 1 radical (unpaired) electrons. The van der Waals surface area contributed by atoms with Crippen LogP contribution in [0.4, 0.5) is 0 Å². The zero-order valence-corrected chi connectivity index (χ0v) is 27.4. The Morgan fingerprint density at radius 1 is 1.00 bits per heavy atom. The van der Waals surface area contributed by atoms with Gasteiger partial charge in [-0.05, 0) is 61.2 Å². The largest absolute Gasteiger partial charge is 0.686 e. The number of para-hydroxylation sites is 1. The molecule has 0 aliphatic heterocycles. The van der Waals surface area contributed by atoms with E-state index >= 15 is 0 Å². The Labute approximate surface area is 256 Å². The predicted octanol–water partition coefficient (Wildman–Crippen LogP) is 9.63. The topological polar surface area (TPSA) is 57.2 Å². The minimum atomic E-state index is -0.191. The summed E-state index contributed by atoms with van der Waals surface area (Å²) in [6.07, 6.45) is 1.54. The third-order valence-electron chi connectivity index (χ3n) is 7.38. The van der Waals surface area contributed by atoms with Gasteiger partial charge >= 0.3 is 0 Å². The van der Waals surface area contributed by atoms with Crippen molar-refractivity contribution >= 4 is 27.7 Å². The van der Waals surface area contributed by atoms with Gasteiger partial charge in [0, 0.05) is 36.4 Å². The van der Waals surface area contributed by atoms with E-state index in [4.69, 9.17) is 9.40 Å². The molecule has 2 heterocycles. The molecule has 5 heteroatoms. The number of benzene rings is 3. The molecule has 0 N–H and O–H groups in total. The number of carbonyl (C=O) groups excluding carboxylic acids is 1. The zero-order valence-electron chi connectivity index (χ0n) is 25.0. The Bertz CT molecular complexity index is 1790. The number of rotatable bonds is 4. The maximum absolute atomic E-state index is 10.5. The summed E-state index contributed by atoms with van der Waals surface area (Å²) in [5, 5.41) is 6.55. The monoisotopic (exact) mass is 721 g/mol. The van der Waals surface area contributed by atoms with E-state index in [-0.39, 0.29) is 37.3 Å². The van der Waals surface area contributed by atoms with Crippen LogP contribution in [0.2, 0.25) is 0 Å². The van der Waals surface area contributed by atoms with Gasteiger partial charge in [0.1, 0.15) is 11.3 Å². The van der Waals surface area contributed by atoms with Crippen LogP contribution >= 0.6 is 0 Å². The normalized spacial score (nSPS) is 13.3. The Kier molecular flexibility index (Phi) is 8.73. The Morgan fingerprint density at radius 2 is 1.73 bits per heavy atom. The molecule has 5 aromatic rings. The third kappa shape index (κ3) is 5.80. The number of hydrogen-bond acceptors (Lipinski definition) is 3. The molecule has 0 saturated heterocycles. The summed E-state index contributed by atoms with van der Waals surface area (Å²) >= 11 is 0. The molecular formula is C36H36IrN2O2-2. The predicted molar refractivity (Wildman–Crippen MR) is 166 cm³/mol. The average Bonchev–Trinajstić information content (AvgIpc) is 3.37. The number of fused-ring (bicyclic) bond motifs is 6. The van der Waals surface area contributed by atoms with Gasteiger partial charge in [-0.15, -0.1) is 35.4 Å². The number of pyridine rings is 1. The molecule has 41 heavy (non-hydrogen) atoms. The molecule has 2 aromatic heterocycles. The first-order valence-corrected chi connectivity index (χ1v) is 13.8. The van der Waals surface area contributed by atoms with Crippen LogP contribution in [-0.2, 0) is 30.3 Å². The van der Waals surface area contributed by atoms with Gasteiger partial charge in [-0.2, -0.15) is 5.70 Å². The molecule has 0 saturated carbocycles. The first-order chi connectivity index (χ1) is 19.0. The van der Waals surface area contributed by atoms with E-state index in [1.165, 1.54) is 39.9 Å². The molecule has 0 atom stereocenters. The standard InChI is InChI=1S/C28H22NO.C8H15NO.Ir/c1-16-14-17(2)18-12-13-22(29-23(18)15-16)19-9-7-10-21-25(19)28(3,4)26-20-8-5-6-11-24(20)30-27(21)26;1-6(2)9-7(3)5-8(4)10;/h5-8,10-15H,1-4H3;5-6H,1-4H3,(H,9,10);/q-1;;/p-1. The van der Waals surface area contributed by atoms with E-state index in [1.807, 2.05) is 32.9 Å². The molecule has 0 bridgehead atoms. The van der Waals surface area contributed by atoms with Gasteiger partial charge in [0.25, 0.3) is 0 Å². The van der Waals surface area contributed by atoms with Gasteiger partial charge in [0.2, 0.25) is 0 Å². The fourth-order valence-electron chi connectivity index (χ4n) is 5.99. The fraction of sp³-hybridized carbons (Fsp3) is 0.278. The van der Waals surface area contributed by atoms with Crippen LogP contribution in [0, 0.1) is 19.9 Å². The van der Waals surface area contributed by atoms with Gasteiger partial charge in [-0.3, -0.25) is 9.78 Å². The maximum Gasteiger partial charge on any atom is 0.151 e. The van der Waals surface area contributed by atoms with E-state index in [0.717, 1.165) is 39.4 Å². The summed E-state index contributed by atoms with van der Waals surface area (Å²) in [5.74, 6) is 1.04. The second-order valence-electron chi connectivity index (χ2n) is 11.5. The van der Waals surface area contributed by atoms with Crippen molar-refractivity contribution in [2.45, 2.75) is 66.8 Å². The molecule has 3 aromatic carbocycles. The van der Waals surface area contributed by atoms with E-state index < -0.39 is 0 Å². The molecule has 1 aliphatic carbocycles. The number of aryl methyl sites for hydroxylation is 2. The quantitative estimate of drug-likeness (QED) is 0.137. The molecule has 1 aliphatic rings. The SMILES string of the molecule is CC(=O)/C=C(/C)[N-]C(C)C.Cc1cc(C)c2ccc(-c3[c-]ccc4c3C(C)(C)c3c-4oc4ccccc34)nc2c1.[Ir]. The molecule has 0 unspecified atom stereocenters. The van der Waals surface area contributed by atoms with Crippen LogP contribution in [0.3, 0.4) is 0 Å². The minimum absolute atomic E-state index is 0. The second kappa shape index (κ2) is 11.8. The van der Waals surface area contributed by atoms with Crippen molar-refractivity contribution < 1.29 is 29.3 Å². The average molecular weight is 721 g/mol. The second-order valence-corrected chi connectivity index (χ2v) is 11.5. The van der Waals surface area contributed by atoms with E-state index in [2.05, 4.69) is 87.6 Å². The third-order valence-corrected chi connectivity index (χ3v) is 7.38. The van der Waals surface area contributed by atoms with E-state index in [1.54, 1.807) is 6.08 Å². The zero-order chi connectivity index (χ0) is 28.8. The number of ketones is 1. The molecule has 0 fully saturated rings. The van der Waals surface area contributed by atoms with Crippen LogP contribution in [-0.4, -0.2) is 16.8 Å². The minimum Gasteiger partial charge on any atom is -0.686 e. The summed E-state index contributed by atoms with van der Waals surface area (Å²) in [5.41, 5.74) is 10.8. The van der Waals surface area contributed by atoms with Crippen molar-refractivity contribution in [3.05, 3.63) is 106 Å². The number of aromatic nitrogens is 1. The number of allylic oxidation sites excluding steroid dienone is 2. The van der Waals surface area contributed by atoms with Crippen LogP contribution in [0.1, 0.15) is 63.8 Å². The molecule has 0 amide bonds. The van der Waals surface area contributed by atoms with Crippen LogP contribution in [0.15, 0.2) is 76.9 Å². The summed E-state index contributed by atoms with van der Waals surface area (Å²) in [4.78, 5) is 15.6. The van der Waals surface area contributed by atoms with Gasteiger partial charge in [0.05, 0.1) is 5.52 Å². The smallest absolute Gasteiger partial charge is 0.151 e. The Hall–Kier alpha value is -3.53. The Balaban J connectivity index is 0.000000306. The fourth-order valence-corrected chi connectivity index (χ4v) is 5.99. The number of nitrogens with zero attached hydrogens (tertiary/aromatic N) is 2. The van der Waals surface area contributed by atoms with Gasteiger partial charge in [-0.1, -0.05) is 76.6 Å². The van der Waals surface area contributed by atoms with Crippen molar-refractivity contribution in [2.24, 2.45) is 0 Å². The number of carbonyl (C=O) groups is 1. The van der Waals surface area contributed by atoms with Crippen molar-refractivity contribution in [1.82, 2.24) is 4.98 Å². The van der Waals surface area contributed by atoms with Crippen LogP contribution in [0.25, 0.3) is 49.8 Å². The van der Waals surface area contributed by atoms with Crippen molar-refractivity contribution in [3.8, 4) is 22.6 Å². The molecular weight excluding hydrogens is 685 g/mol. The summed E-state index contributed by atoms with van der Waals surface area (Å²) in [7, 11) is 0. The summed E-state index contributed by atoms with van der Waals surface area (Å²) in [6.45, 7) is 16.2. The first-order valence-electron chi connectivity index (χ1n) is 13.8. The van der Waals surface area contributed by atoms with Crippen molar-refractivity contribution in [2.75, 3.05) is 0 Å². The molecule has 213 valence electrons. The number of furan rings is 1. The maximum atomic E-state index is 10.5. The Morgan fingerprint density at radius 3 is 2.44 bits per heavy atom. The van der Waals surface area contributed by atoms with Gasteiger partial charge in [0.15, 0.2) is 5.78 Å². The van der Waals surface area contributed by atoms with Crippen LogP contribution < -0.4 is 0 Å². The molecule has 6 rings (SSSR count). The van der Waals surface area contributed by atoms with E-state index in [9.17, 15) is 4.79 Å². The van der Waals surface area contributed by atoms with Gasteiger partial charge in [-0.25, -0.2) is 0 Å². The van der Waals surface area contributed by atoms with Gasteiger partial charge < -0.3 is 9.73 Å². The first kappa shape index (κ1) is 30.4. The molecule has 4 nitrogen and oxygen atoms in total. The van der Waals surface area contributed by atoms with E-state index in [0.29, 0.717) is 0 Å². The molecule has 0 spiro atoms. The van der Waals surface area contributed by atoms with Crippen molar-refractivity contribution in [1.29, 1.82) is 0 Å². The summed E-state index contributed by atoms with van der Waals surface area (Å²) in [6, 6.07) is 24.9. The summed E-state index contributed by atoms with van der Waals surface area (Å²) < 4.78 is 6.33. The van der Waals surface area contributed by atoms with Crippen LogP contribution in [0.5, 0.6) is 0 Å². The number of hydrogen-bond donors (Lipinski definition) is 0. The van der Waals surface area contributed by atoms with Crippen molar-refractivity contribution in [3.63, 3.8) is 0 Å².